The summed E-state index contributed by atoms with van der Waals surface area (Å²) in [4.78, 5) is 25.4. The lowest BCUT2D eigenvalue weighted by molar-refractivity contribution is -0.137. The fourth-order valence-electron chi connectivity index (χ4n) is 2.38. The standard InChI is InChI=1S/C19H17F4NO2/c1-2-17(25)12-24(16-8-4-6-14(11-16)19(21,22)23)18(26)10-13-5-3-7-15(20)9-13/h3-9,11H,2,10,12H2,1H3. The second-order valence-electron chi connectivity index (χ2n) is 5.73. The predicted molar refractivity (Wildman–Crippen MR) is 89.2 cm³/mol. The van der Waals surface area contributed by atoms with Gasteiger partial charge in [0.15, 0.2) is 5.78 Å². The highest BCUT2D eigenvalue weighted by Crippen LogP contribution is 2.31. The molecule has 26 heavy (non-hydrogen) atoms. The van der Waals surface area contributed by atoms with Crippen molar-refractivity contribution in [3.8, 4) is 0 Å². The van der Waals surface area contributed by atoms with Gasteiger partial charge in [0.2, 0.25) is 5.91 Å². The number of rotatable bonds is 6. The van der Waals surface area contributed by atoms with E-state index in [0.717, 1.165) is 17.0 Å². The van der Waals surface area contributed by atoms with E-state index < -0.39 is 23.5 Å². The molecule has 0 bridgehead atoms. The second-order valence-corrected chi connectivity index (χ2v) is 5.73. The predicted octanol–water partition coefficient (Wildman–Crippen LogP) is 4.40. The molecule has 1 amide bonds. The van der Waals surface area contributed by atoms with Crippen molar-refractivity contribution in [1.29, 1.82) is 0 Å². The van der Waals surface area contributed by atoms with E-state index in [9.17, 15) is 27.2 Å². The van der Waals surface area contributed by atoms with E-state index in [4.69, 9.17) is 0 Å². The zero-order valence-corrected chi connectivity index (χ0v) is 14.0. The monoisotopic (exact) mass is 367 g/mol. The maximum Gasteiger partial charge on any atom is 0.416 e. The molecule has 3 nitrogen and oxygen atoms in total. The summed E-state index contributed by atoms with van der Waals surface area (Å²) in [5, 5.41) is 0. The van der Waals surface area contributed by atoms with Gasteiger partial charge < -0.3 is 4.90 Å². The molecule has 0 aromatic heterocycles. The van der Waals surface area contributed by atoms with Crippen LogP contribution in [0.15, 0.2) is 48.5 Å². The highest BCUT2D eigenvalue weighted by molar-refractivity contribution is 6.00. The average molecular weight is 367 g/mol. The van der Waals surface area contributed by atoms with E-state index in [1.807, 2.05) is 0 Å². The van der Waals surface area contributed by atoms with Crippen molar-refractivity contribution in [3.05, 3.63) is 65.5 Å². The number of hydrogen-bond donors (Lipinski definition) is 0. The molecule has 138 valence electrons. The van der Waals surface area contributed by atoms with E-state index in [1.165, 1.54) is 36.4 Å². The molecule has 0 atom stereocenters. The molecular weight excluding hydrogens is 350 g/mol. The first-order valence-electron chi connectivity index (χ1n) is 7.94. The van der Waals surface area contributed by atoms with Crippen LogP contribution in [0.1, 0.15) is 24.5 Å². The molecule has 2 rings (SSSR count). The quantitative estimate of drug-likeness (QED) is 0.710. The fourth-order valence-corrected chi connectivity index (χ4v) is 2.38. The molecule has 0 saturated heterocycles. The van der Waals surface area contributed by atoms with Crippen molar-refractivity contribution in [1.82, 2.24) is 0 Å². The van der Waals surface area contributed by atoms with Crippen molar-refractivity contribution in [2.24, 2.45) is 0 Å². The lowest BCUT2D eigenvalue weighted by Crippen LogP contribution is -2.36. The minimum atomic E-state index is -4.57. The number of amides is 1. The third kappa shape index (κ3) is 5.15. The van der Waals surface area contributed by atoms with Crippen LogP contribution in [0, 0.1) is 5.82 Å². The molecule has 0 radical (unpaired) electrons. The number of alkyl halides is 3. The Morgan fingerprint density at radius 3 is 2.35 bits per heavy atom. The Bertz CT molecular complexity index is 802. The van der Waals surface area contributed by atoms with Gasteiger partial charge in [-0.3, -0.25) is 9.59 Å². The first-order chi connectivity index (χ1) is 12.2. The van der Waals surface area contributed by atoms with Crippen LogP contribution in [0.2, 0.25) is 0 Å². The summed E-state index contributed by atoms with van der Waals surface area (Å²) in [7, 11) is 0. The molecular formula is C19H17F4NO2. The number of nitrogens with zero attached hydrogens (tertiary/aromatic N) is 1. The summed E-state index contributed by atoms with van der Waals surface area (Å²) < 4.78 is 52.1. The van der Waals surface area contributed by atoms with E-state index in [0.29, 0.717) is 5.56 Å². The molecule has 0 heterocycles. The third-order valence-electron chi connectivity index (χ3n) is 3.76. The van der Waals surface area contributed by atoms with Gasteiger partial charge in [-0.25, -0.2) is 4.39 Å². The van der Waals surface area contributed by atoms with Gasteiger partial charge >= 0.3 is 6.18 Å². The number of Topliss-reactive ketones (excluding diaryl/α,β-unsaturated/α-hetero) is 1. The van der Waals surface area contributed by atoms with Crippen LogP contribution in [0.25, 0.3) is 0 Å². The zero-order chi connectivity index (χ0) is 19.3. The molecule has 0 aliphatic rings. The molecule has 0 saturated carbocycles. The van der Waals surface area contributed by atoms with Gasteiger partial charge in [0.1, 0.15) is 5.82 Å². The third-order valence-corrected chi connectivity index (χ3v) is 3.76. The molecule has 0 spiro atoms. The van der Waals surface area contributed by atoms with Crippen molar-refractivity contribution >= 4 is 17.4 Å². The van der Waals surface area contributed by atoms with Gasteiger partial charge in [-0.2, -0.15) is 13.2 Å². The Balaban J connectivity index is 2.34. The average Bonchev–Trinajstić information content (AvgIpc) is 2.58. The summed E-state index contributed by atoms with van der Waals surface area (Å²) in [6.07, 6.45) is -4.66. The van der Waals surface area contributed by atoms with E-state index in [1.54, 1.807) is 6.92 Å². The van der Waals surface area contributed by atoms with Gasteiger partial charge in [-0.1, -0.05) is 25.1 Å². The fraction of sp³-hybridized carbons (Fsp3) is 0.263. The Morgan fingerprint density at radius 1 is 1.04 bits per heavy atom. The summed E-state index contributed by atoms with van der Waals surface area (Å²) >= 11 is 0. The molecule has 0 aliphatic heterocycles. The van der Waals surface area contributed by atoms with Gasteiger partial charge in [0, 0.05) is 12.1 Å². The largest absolute Gasteiger partial charge is 0.416 e. The van der Waals surface area contributed by atoms with Gasteiger partial charge in [-0.05, 0) is 35.9 Å². The van der Waals surface area contributed by atoms with Crippen LogP contribution in [0.4, 0.5) is 23.2 Å². The summed E-state index contributed by atoms with van der Waals surface area (Å²) in [6.45, 7) is 1.26. The SMILES string of the molecule is CCC(=O)CN(C(=O)Cc1cccc(F)c1)c1cccc(C(F)(F)F)c1. The number of anilines is 1. The lowest BCUT2D eigenvalue weighted by atomic mass is 10.1. The summed E-state index contributed by atoms with van der Waals surface area (Å²) in [5.41, 5.74) is -0.568. The molecule has 0 N–H and O–H groups in total. The topological polar surface area (TPSA) is 37.4 Å². The van der Waals surface area contributed by atoms with E-state index in [2.05, 4.69) is 0 Å². The molecule has 7 heteroatoms. The van der Waals surface area contributed by atoms with Crippen LogP contribution in [0.5, 0.6) is 0 Å². The molecule has 0 fully saturated rings. The number of ketones is 1. The van der Waals surface area contributed by atoms with Crippen molar-refractivity contribution in [2.45, 2.75) is 25.9 Å². The van der Waals surface area contributed by atoms with Gasteiger partial charge in [0.05, 0.1) is 18.5 Å². The van der Waals surface area contributed by atoms with Gasteiger partial charge in [-0.15, -0.1) is 0 Å². The Morgan fingerprint density at radius 2 is 1.73 bits per heavy atom. The second kappa shape index (κ2) is 8.12. The van der Waals surface area contributed by atoms with E-state index in [-0.39, 0.29) is 30.9 Å². The zero-order valence-electron chi connectivity index (χ0n) is 14.0. The summed E-state index contributed by atoms with van der Waals surface area (Å²) in [5.74, 6) is -1.41. The minimum Gasteiger partial charge on any atom is -0.305 e. The van der Waals surface area contributed by atoms with Crippen molar-refractivity contribution in [3.63, 3.8) is 0 Å². The smallest absolute Gasteiger partial charge is 0.305 e. The number of hydrogen-bond acceptors (Lipinski definition) is 2. The Kier molecular flexibility index (Phi) is 6.13. The van der Waals surface area contributed by atoms with Crippen LogP contribution < -0.4 is 4.90 Å². The lowest BCUT2D eigenvalue weighted by Gasteiger charge is -2.23. The number of benzene rings is 2. The molecule has 2 aromatic rings. The van der Waals surface area contributed by atoms with Crippen molar-refractivity contribution < 1.29 is 27.2 Å². The highest BCUT2D eigenvalue weighted by atomic mass is 19.4. The summed E-state index contributed by atoms with van der Waals surface area (Å²) in [6, 6.07) is 9.59. The maximum absolute atomic E-state index is 13.3. The Labute approximate surface area is 148 Å². The number of halogens is 4. The van der Waals surface area contributed by atoms with Crippen LogP contribution >= 0.6 is 0 Å². The molecule has 0 aliphatic carbocycles. The Hall–Kier alpha value is -2.70. The minimum absolute atomic E-state index is 0.0250. The maximum atomic E-state index is 13.3. The normalized spacial score (nSPS) is 11.3. The first kappa shape index (κ1) is 19.6. The number of carbonyl (C=O) groups excluding carboxylic acids is 2. The van der Waals surface area contributed by atoms with Crippen LogP contribution in [0.3, 0.4) is 0 Å². The molecule has 0 unspecified atom stereocenters. The first-order valence-corrected chi connectivity index (χ1v) is 7.94. The van der Waals surface area contributed by atoms with Crippen LogP contribution in [-0.2, 0) is 22.2 Å². The highest BCUT2D eigenvalue weighted by Gasteiger charge is 2.31. The van der Waals surface area contributed by atoms with Gasteiger partial charge in [0.25, 0.3) is 0 Å². The molecule has 2 aromatic carbocycles. The van der Waals surface area contributed by atoms with Crippen LogP contribution in [-0.4, -0.2) is 18.2 Å². The van der Waals surface area contributed by atoms with E-state index >= 15 is 0 Å². The van der Waals surface area contributed by atoms with Crippen molar-refractivity contribution in [2.75, 3.05) is 11.4 Å². The number of carbonyl (C=O) groups is 2.